The van der Waals surface area contributed by atoms with Gasteiger partial charge < -0.3 is 10.4 Å². The molecule has 19 heavy (non-hydrogen) atoms. The SMILES string of the molecule is N#Cc1ccc(Nc2cccc(C(=O)O)n2)c(F)c1. The molecule has 0 radical (unpaired) electrons. The molecule has 0 saturated heterocycles. The number of nitrogens with zero attached hydrogens (tertiary/aromatic N) is 2. The van der Waals surface area contributed by atoms with Gasteiger partial charge in [-0.05, 0) is 30.3 Å². The van der Waals surface area contributed by atoms with Gasteiger partial charge in [-0.25, -0.2) is 14.2 Å². The van der Waals surface area contributed by atoms with E-state index >= 15 is 0 Å². The summed E-state index contributed by atoms with van der Waals surface area (Å²) in [5.41, 5.74) is 0.184. The number of aromatic nitrogens is 1. The van der Waals surface area contributed by atoms with Crippen molar-refractivity contribution in [1.82, 2.24) is 4.98 Å². The van der Waals surface area contributed by atoms with Crippen molar-refractivity contribution in [3.8, 4) is 6.07 Å². The monoisotopic (exact) mass is 257 g/mol. The number of hydrogen-bond donors (Lipinski definition) is 2. The second-order valence-corrected chi connectivity index (χ2v) is 3.64. The fourth-order valence-corrected chi connectivity index (χ4v) is 1.45. The number of halogens is 1. The van der Waals surface area contributed by atoms with Gasteiger partial charge in [-0.1, -0.05) is 6.07 Å². The minimum atomic E-state index is -1.16. The van der Waals surface area contributed by atoms with Crippen LogP contribution in [0.15, 0.2) is 36.4 Å². The number of pyridine rings is 1. The first kappa shape index (κ1) is 12.5. The number of hydrogen-bond acceptors (Lipinski definition) is 4. The Morgan fingerprint density at radius 3 is 2.79 bits per heavy atom. The maximum Gasteiger partial charge on any atom is 0.354 e. The van der Waals surface area contributed by atoms with Crippen LogP contribution in [0.5, 0.6) is 0 Å². The van der Waals surface area contributed by atoms with Crippen LogP contribution in [0.2, 0.25) is 0 Å². The molecular weight excluding hydrogens is 249 g/mol. The van der Waals surface area contributed by atoms with Gasteiger partial charge in [-0.3, -0.25) is 0 Å². The van der Waals surface area contributed by atoms with Gasteiger partial charge in [-0.2, -0.15) is 5.26 Å². The van der Waals surface area contributed by atoms with Crippen molar-refractivity contribution in [2.24, 2.45) is 0 Å². The molecule has 0 aliphatic carbocycles. The lowest BCUT2D eigenvalue weighted by atomic mass is 10.2. The summed E-state index contributed by atoms with van der Waals surface area (Å²) in [6, 6.07) is 10.1. The van der Waals surface area contributed by atoms with Gasteiger partial charge in [0.05, 0.1) is 17.3 Å². The summed E-state index contributed by atoms with van der Waals surface area (Å²) in [7, 11) is 0. The van der Waals surface area contributed by atoms with Gasteiger partial charge in [0.15, 0.2) is 5.69 Å². The quantitative estimate of drug-likeness (QED) is 0.882. The van der Waals surface area contributed by atoms with E-state index in [1.807, 2.05) is 6.07 Å². The molecule has 0 unspecified atom stereocenters. The lowest BCUT2D eigenvalue weighted by Crippen LogP contribution is -2.03. The molecule has 1 aromatic heterocycles. The highest BCUT2D eigenvalue weighted by Crippen LogP contribution is 2.19. The normalized spacial score (nSPS) is 9.68. The van der Waals surface area contributed by atoms with Gasteiger partial charge in [0.2, 0.25) is 0 Å². The predicted octanol–water partition coefficient (Wildman–Crippen LogP) is 2.53. The maximum absolute atomic E-state index is 13.6. The van der Waals surface area contributed by atoms with Crippen molar-refractivity contribution in [1.29, 1.82) is 5.26 Å². The Morgan fingerprint density at radius 2 is 2.16 bits per heavy atom. The third kappa shape index (κ3) is 2.84. The van der Waals surface area contributed by atoms with E-state index in [9.17, 15) is 9.18 Å². The molecular formula is C13H8FN3O2. The first-order chi connectivity index (χ1) is 9.10. The molecule has 0 aliphatic heterocycles. The second kappa shape index (κ2) is 5.14. The van der Waals surface area contributed by atoms with Crippen LogP contribution in [-0.4, -0.2) is 16.1 Å². The molecule has 5 nitrogen and oxygen atoms in total. The number of carboxylic acid groups (broad SMARTS) is 1. The fraction of sp³-hybridized carbons (Fsp3) is 0. The highest BCUT2D eigenvalue weighted by Gasteiger charge is 2.07. The molecule has 0 saturated carbocycles. The van der Waals surface area contributed by atoms with E-state index in [1.165, 1.54) is 30.3 Å². The standard InChI is InChI=1S/C13H8FN3O2/c14-9-6-8(7-15)4-5-10(9)16-12-3-1-2-11(17-12)13(18)19/h1-6H,(H,16,17)(H,18,19). The Labute approximate surface area is 108 Å². The Morgan fingerprint density at radius 1 is 1.37 bits per heavy atom. The van der Waals surface area contributed by atoms with Gasteiger partial charge >= 0.3 is 5.97 Å². The van der Waals surface area contributed by atoms with Crippen LogP contribution in [0.3, 0.4) is 0 Å². The summed E-state index contributed by atoms with van der Waals surface area (Å²) in [6.45, 7) is 0. The summed E-state index contributed by atoms with van der Waals surface area (Å²) in [5, 5.41) is 20.1. The second-order valence-electron chi connectivity index (χ2n) is 3.64. The van der Waals surface area contributed by atoms with Crippen LogP contribution in [0.1, 0.15) is 16.1 Å². The number of benzene rings is 1. The molecule has 2 N–H and O–H groups in total. The third-order valence-electron chi connectivity index (χ3n) is 2.33. The largest absolute Gasteiger partial charge is 0.477 e. The summed E-state index contributed by atoms with van der Waals surface area (Å²) >= 11 is 0. The lowest BCUT2D eigenvalue weighted by molar-refractivity contribution is 0.0690. The maximum atomic E-state index is 13.6. The van der Waals surface area contributed by atoms with Crippen molar-refractivity contribution in [3.63, 3.8) is 0 Å². The van der Waals surface area contributed by atoms with E-state index < -0.39 is 11.8 Å². The number of anilines is 2. The van der Waals surface area contributed by atoms with E-state index in [-0.39, 0.29) is 22.8 Å². The number of nitrogens with one attached hydrogen (secondary N) is 1. The molecule has 0 bridgehead atoms. The molecule has 0 spiro atoms. The van der Waals surface area contributed by atoms with E-state index in [0.717, 1.165) is 6.07 Å². The Balaban J connectivity index is 2.29. The van der Waals surface area contributed by atoms with E-state index in [4.69, 9.17) is 10.4 Å². The fourth-order valence-electron chi connectivity index (χ4n) is 1.45. The third-order valence-corrected chi connectivity index (χ3v) is 2.33. The smallest absolute Gasteiger partial charge is 0.354 e. The highest BCUT2D eigenvalue weighted by molar-refractivity contribution is 5.85. The Kier molecular flexibility index (Phi) is 3.39. The molecule has 2 aromatic rings. The van der Waals surface area contributed by atoms with Crippen molar-refractivity contribution < 1.29 is 14.3 Å². The Bertz CT molecular complexity index is 680. The van der Waals surface area contributed by atoms with Crippen LogP contribution in [0, 0.1) is 17.1 Å². The number of rotatable bonds is 3. The lowest BCUT2D eigenvalue weighted by Gasteiger charge is -2.07. The molecule has 2 rings (SSSR count). The van der Waals surface area contributed by atoms with Gasteiger partial charge in [0.1, 0.15) is 11.6 Å². The van der Waals surface area contributed by atoms with Crippen LogP contribution < -0.4 is 5.32 Å². The average Bonchev–Trinajstić information content (AvgIpc) is 2.41. The summed E-state index contributed by atoms with van der Waals surface area (Å²) in [4.78, 5) is 14.6. The van der Waals surface area contributed by atoms with Crippen LogP contribution in [-0.2, 0) is 0 Å². The molecule has 0 fully saturated rings. The summed E-state index contributed by atoms with van der Waals surface area (Å²) < 4.78 is 13.6. The van der Waals surface area contributed by atoms with Gasteiger partial charge in [-0.15, -0.1) is 0 Å². The van der Waals surface area contributed by atoms with Crippen molar-refractivity contribution in [2.75, 3.05) is 5.32 Å². The molecule has 0 atom stereocenters. The number of aromatic carboxylic acids is 1. The van der Waals surface area contributed by atoms with E-state index in [0.29, 0.717) is 0 Å². The predicted molar refractivity (Wildman–Crippen MR) is 65.6 cm³/mol. The molecule has 0 aliphatic rings. The molecule has 0 amide bonds. The molecule has 1 heterocycles. The minimum absolute atomic E-state index is 0.119. The molecule has 1 aromatic carbocycles. The number of nitriles is 1. The molecule has 94 valence electrons. The highest BCUT2D eigenvalue weighted by atomic mass is 19.1. The van der Waals surface area contributed by atoms with Crippen LogP contribution in [0.25, 0.3) is 0 Å². The van der Waals surface area contributed by atoms with Crippen LogP contribution >= 0.6 is 0 Å². The van der Waals surface area contributed by atoms with E-state index in [1.54, 1.807) is 0 Å². The van der Waals surface area contributed by atoms with Crippen LogP contribution in [0.4, 0.5) is 15.9 Å². The van der Waals surface area contributed by atoms with Gasteiger partial charge in [0.25, 0.3) is 0 Å². The van der Waals surface area contributed by atoms with Crippen molar-refractivity contribution >= 4 is 17.5 Å². The zero-order chi connectivity index (χ0) is 13.8. The average molecular weight is 257 g/mol. The Hall–Kier alpha value is -2.94. The number of carboxylic acids is 1. The first-order valence-corrected chi connectivity index (χ1v) is 5.27. The van der Waals surface area contributed by atoms with E-state index in [2.05, 4.69) is 10.3 Å². The van der Waals surface area contributed by atoms with Crippen molar-refractivity contribution in [3.05, 3.63) is 53.5 Å². The van der Waals surface area contributed by atoms with Gasteiger partial charge in [0, 0.05) is 0 Å². The first-order valence-electron chi connectivity index (χ1n) is 5.27. The van der Waals surface area contributed by atoms with Crippen molar-refractivity contribution in [2.45, 2.75) is 0 Å². The topological polar surface area (TPSA) is 86.0 Å². The minimum Gasteiger partial charge on any atom is -0.477 e. The zero-order valence-electron chi connectivity index (χ0n) is 9.59. The molecule has 6 heteroatoms. The summed E-state index contributed by atoms with van der Waals surface area (Å²) in [5.74, 6) is -1.56. The summed E-state index contributed by atoms with van der Waals surface area (Å²) in [6.07, 6.45) is 0. The number of carbonyl (C=O) groups is 1. The zero-order valence-corrected chi connectivity index (χ0v) is 9.59.